The zero-order chi connectivity index (χ0) is 31.2. The van der Waals surface area contributed by atoms with Crippen LogP contribution in [0.4, 0.5) is 0 Å². The number of carbonyl (C=O) groups excluding carboxylic acids is 5. The molecule has 45 heavy (non-hydrogen) atoms. The van der Waals surface area contributed by atoms with Crippen LogP contribution in [0.25, 0.3) is 0 Å². The Labute approximate surface area is 263 Å². The van der Waals surface area contributed by atoms with Crippen molar-refractivity contribution in [2.24, 2.45) is 17.8 Å². The first-order valence-corrected chi connectivity index (χ1v) is 16.4. The zero-order valence-electron chi connectivity index (χ0n) is 25.7. The van der Waals surface area contributed by atoms with Crippen LogP contribution in [-0.2, 0) is 20.8 Å². The summed E-state index contributed by atoms with van der Waals surface area (Å²) in [5.74, 6) is -0.926. The van der Waals surface area contributed by atoms with Gasteiger partial charge in [0, 0.05) is 49.9 Å². The second-order valence-electron chi connectivity index (χ2n) is 13.1. The first-order chi connectivity index (χ1) is 21.9. The van der Waals surface area contributed by atoms with Crippen LogP contribution in [0.15, 0.2) is 42.5 Å². The molecule has 2 aromatic rings. The number of imide groups is 1. The van der Waals surface area contributed by atoms with E-state index in [1.165, 1.54) is 4.90 Å². The van der Waals surface area contributed by atoms with Crippen LogP contribution >= 0.6 is 0 Å². The summed E-state index contributed by atoms with van der Waals surface area (Å²) in [6.45, 7) is 1.56. The molecule has 4 atom stereocenters. The quantitative estimate of drug-likeness (QED) is 0.480. The first kappa shape index (κ1) is 29.5. The number of nitrogens with one attached hydrogen (secondary N) is 1. The van der Waals surface area contributed by atoms with Gasteiger partial charge < -0.3 is 19.9 Å². The molecule has 5 amide bonds. The fraction of sp³-hybridized carbons (Fsp3) is 0.514. The van der Waals surface area contributed by atoms with Crippen LogP contribution in [0.3, 0.4) is 0 Å². The van der Waals surface area contributed by atoms with Crippen molar-refractivity contribution in [3.63, 3.8) is 0 Å². The minimum Gasteiger partial charge on any atom is -0.488 e. The maximum Gasteiger partial charge on any atom is 0.261 e. The summed E-state index contributed by atoms with van der Waals surface area (Å²) >= 11 is 0. The van der Waals surface area contributed by atoms with Gasteiger partial charge in [0.25, 0.3) is 11.8 Å². The Morgan fingerprint density at radius 1 is 0.844 bits per heavy atom. The second kappa shape index (κ2) is 11.9. The molecule has 5 aliphatic rings. The van der Waals surface area contributed by atoms with Gasteiger partial charge in [-0.2, -0.15) is 0 Å². The van der Waals surface area contributed by atoms with Gasteiger partial charge >= 0.3 is 0 Å². The highest BCUT2D eigenvalue weighted by atomic mass is 16.5. The summed E-state index contributed by atoms with van der Waals surface area (Å²) in [4.78, 5) is 72.1. The fourth-order valence-electron chi connectivity index (χ4n) is 7.80. The van der Waals surface area contributed by atoms with E-state index in [1.54, 1.807) is 36.2 Å². The number of nitrogens with zero attached hydrogens (tertiary/aromatic N) is 3. The third kappa shape index (κ3) is 5.38. The molecular weight excluding hydrogens is 572 g/mol. The van der Waals surface area contributed by atoms with Gasteiger partial charge in [-0.3, -0.25) is 28.9 Å². The monoisotopic (exact) mass is 612 g/mol. The fourth-order valence-corrected chi connectivity index (χ4v) is 7.80. The molecule has 0 aromatic heterocycles. The van der Waals surface area contributed by atoms with Gasteiger partial charge in [-0.25, -0.2) is 0 Å². The average Bonchev–Trinajstić information content (AvgIpc) is 3.78. The summed E-state index contributed by atoms with van der Waals surface area (Å²) in [7, 11) is 1.60. The summed E-state index contributed by atoms with van der Waals surface area (Å²) in [5, 5.41) is 2.75. The Hall–Kier alpha value is -4.21. The van der Waals surface area contributed by atoms with Crippen molar-refractivity contribution < 1.29 is 28.7 Å². The van der Waals surface area contributed by atoms with Crippen molar-refractivity contribution in [1.82, 2.24) is 20.0 Å². The van der Waals surface area contributed by atoms with E-state index in [4.69, 9.17) is 4.74 Å². The normalized spacial score (nSPS) is 26.0. The molecule has 0 spiro atoms. The van der Waals surface area contributed by atoms with E-state index in [0.717, 1.165) is 36.8 Å². The van der Waals surface area contributed by atoms with E-state index >= 15 is 0 Å². The van der Waals surface area contributed by atoms with Crippen LogP contribution in [0.1, 0.15) is 82.8 Å². The SMILES string of the molecule is CNC(=O)[C@@H]1CCCCC1C(=O)N1CCc2cccc(O[C@H]3CCN(C(=O)C4CC4)C3)c2[C@H]1CN1C(=O)c2ccccc2C1=O. The highest BCUT2D eigenvalue weighted by Gasteiger charge is 2.45. The van der Waals surface area contributed by atoms with Crippen molar-refractivity contribution in [2.75, 3.05) is 33.2 Å². The standard InChI is InChI=1S/C35H40N4O6/c1-36-31(40)24-8-2-3-9-25(24)33(42)38-18-15-21-7-6-12-29(45-23-16-17-37(19-23)32(41)22-13-14-22)30(21)28(38)20-39-34(43)26-10-4-5-11-27(26)35(39)44/h4-7,10-12,22-25,28H,2-3,8-9,13-20H2,1H3,(H,36,40)/t23-,24+,25?,28+/m0/s1. The smallest absolute Gasteiger partial charge is 0.261 e. The lowest BCUT2D eigenvalue weighted by Crippen LogP contribution is -2.51. The maximum atomic E-state index is 14.5. The molecule has 1 saturated heterocycles. The lowest BCUT2D eigenvalue weighted by Gasteiger charge is -2.43. The highest BCUT2D eigenvalue weighted by molar-refractivity contribution is 6.21. The molecule has 1 unspecified atom stereocenters. The number of hydrogen-bond acceptors (Lipinski definition) is 6. The van der Waals surface area contributed by atoms with E-state index in [2.05, 4.69) is 5.32 Å². The third-order valence-electron chi connectivity index (χ3n) is 10.3. The van der Waals surface area contributed by atoms with Crippen LogP contribution in [0, 0.1) is 17.8 Å². The molecule has 236 valence electrons. The van der Waals surface area contributed by atoms with E-state index < -0.39 is 17.9 Å². The molecule has 2 aliphatic carbocycles. The van der Waals surface area contributed by atoms with E-state index in [1.807, 2.05) is 23.1 Å². The van der Waals surface area contributed by atoms with Crippen molar-refractivity contribution >= 4 is 29.5 Å². The predicted molar refractivity (Wildman–Crippen MR) is 164 cm³/mol. The average molecular weight is 613 g/mol. The Bertz CT molecular complexity index is 1520. The number of fused-ring (bicyclic) bond motifs is 2. The van der Waals surface area contributed by atoms with Crippen LogP contribution < -0.4 is 10.1 Å². The Balaban J connectivity index is 1.22. The van der Waals surface area contributed by atoms with Crippen LogP contribution in [0.2, 0.25) is 0 Å². The highest BCUT2D eigenvalue weighted by Crippen LogP contribution is 2.42. The van der Waals surface area contributed by atoms with E-state index in [9.17, 15) is 24.0 Å². The maximum absolute atomic E-state index is 14.5. The van der Waals surface area contributed by atoms with Gasteiger partial charge in [0.2, 0.25) is 17.7 Å². The van der Waals surface area contributed by atoms with E-state index in [0.29, 0.717) is 62.2 Å². The number of carbonyl (C=O) groups is 5. The third-order valence-corrected chi connectivity index (χ3v) is 10.3. The van der Waals surface area contributed by atoms with E-state index in [-0.39, 0.29) is 48.1 Å². The molecule has 3 fully saturated rings. The number of ether oxygens (including phenoxy) is 1. The lowest BCUT2D eigenvalue weighted by atomic mass is 9.77. The molecule has 7 rings (SSSR count). The van der Waals surface area contributed by atoms with Gasteiger partial charge in [-0.15, -0.1) is 0 Å². The molecule has 0 bridgehead atoms. The minimum absolute atomic E-state index is 0.0141. The van der Waals surface area contributed by atoms with Crippen LogP contribution in [-0.4, -0.2) is 83.6 Å². The predicted octanol–water partition coefficient (Wildman–Crippen LogP) is 3.35. The van der Waals surface area contributed by atoms with Gasteiger partial charge in [0.15, 0.2) is 0 Å². The van der Waals surface area contributed by atoms with Crippen molar-refractivity contribution in [1.29, 1.82) is 0 Å². The molecule has 1 N–H and O–H groups in total. The second-order valence-corrected chi connectivity index (χ2v) is 13.1. The van der Waals surface area contributed by atoms with Gasteiger partial charge in [0.05, 0.1) is 30.3 Å². The molecule has 2 saturated carbocycles. The first-order valence-electron chi connectivity index (χ1n) is 16.4. The Morgan fingerprint density at radius 3 is 2.24 bits per heavy atom. The summed E-state index contributed by atoms with van der Waals surface area (Å²) < 4.78 is 6.63. The van der Waals surface area contributed by atoms with Crippen molar-refractivity contribution in [2.45, 2.75) is 63.5 Å². The van der Waals surface area contributed by atoms with Crippen LogP contribution in [0.5, 0.6) is 5.75 Å². The lowest BCUT2D eigenvalue weighted by molar-refractivity contribution is -0.146. The summed E-state index contributed by atoms with van der Waals surface area (Å²) in [6, 6.07) is 12.0. The minimum atomic E-state index is -0.641. The Morgan fingerprint density at radius 2 is 1.56 bits per heavy atom. The summed E-state index contributed by atoms with van der Waals surface area (Å²) in [6.07, 6.45) is 6.04. The molecular formula is C35H40N4O6. The molecule has 3 heterocycles. The van der Waals surface area contributed by atoms with Gasteiger partial charge in [-0.05, 0) is 55.9 Å². The van der Waals surface area contributed by atoms with Gasteiger partial charge in [-0.1, -0.05) is 37.1 Å². The Kier molecular flexibility index (Phi) is 7.83. The number of rotatable bonds is 7. The number of hydrogen-bond donors (Lipinski definition) is 1. The van der Waals surface area contributed by atoms with Crippen molar-refractivity contribution in [3.05, 3.63) is 64.7 Å². The van der Waals surface area contributed by atoms with Crippen molar-refractivity contribution in [3.8, 4) is 5.75 Å². The number of benzene rings is 2. The summed E-state index contributed by atoms with van der Waals surface area (Å²) in [5.41, 5.74) is 2.53. The zero-order valence-corrected chi connectivity index (χ0v) is 25.7. The number of amides is 5. The van der Waals surface area contributed by atoms with Gasteiger partial charge in [0.1, 0.15) is 11.9 Å². The molecule has 10 nitrogen and oxygen atoms in total. The molecule has 0 radical (unpaired) electrons. The molecule has 2 aromatic carbocycles. The number of likely N-dealkylation sites (tertiary alicyclic amines) is 1. The largest absolute Gasteiger partial charge is 0.488 e. The topological polar surface area (TPSA) is 116 Å². The molecule has 10 heteroatoms. The molecule has 3 aliphatic heterocycles.